The summed E-state index contributed by atoms with van der Waals surface area (Å²) < 4.78 is 34.2. The van der Waals surface area contributed by atoms with Gasteiger partial charge in [-0.25, -0.2) is 0 Å². The monoisotopic (exact) mass is 335 g/mol. The third-order valence-electron chi connectivity index (χ3n) is 3.28. The average molecular weight is 335 g/mol. The minimum atomic E-state index is -3.60. The summed E-state index contributed by atoms with van der Waals surface area (Å²) >= 11 is 0. The first-order valence-electron chi connectivity index (χ1n) is 7.27. The van der Waals surface area contributed by atoms with Crippen LogP contribution in [0.1, 0.15) is 5.56 Å². The van der Waals surface area contributed by atoms with E-state index in [4.69, 9.17) is 8.92 Å². The van der Waals surface area contributed by atoms with Gasteiger partial charge < -0.3 is 13.8 Å². The van der Waals surface area contributed by atoms with Crippen molar-refractivity contribution in [2.75, 3.05) is 26.5 Å². The molecular weight excluding hydrogens is 314 g/mol. The van der Waals surface area contributed by atoms with Crippen LogP contribution in [0, 0.1) is 0 Å². The zero-order chi connectivity index (χ0) is 16.7. The Morgan fingerprint density at radius 2 is 1.70 bits per heavy atom. The molecule has 0 saturated carbocycles. The van der Waals surface area contributed by atoms with Gasteiger partial charge in [-0.05, 0) is 36.9 Å². The fourth-order valence-electron chi connectivity index (χ4n) is 2.09. The van der Waals surface area contributed by atoms with E-state index in [1.54, 1.807) is 37.4 Å². The normalized spacial score (nSPS) is 11.4. The SMILES string of the molecule is COc1cccc(CN(C)CCS(=O)(=O)Oc2ccccc2)c1. The fourth-order valence-corrected chi connectivity index (χ4v) is 3.12. The van der Waals surface area contributed by atoms with Crippen molar-refractivity contribution in [3.63, 3.8) is 0 Å². The molecular formula is C17H21NO4S. The predicted molar refractivity (Wildman–Crippen MR) is 90.2 cm³/mol. The van der Waals surface area contributed by atoms with Gasteiger partial charge in [0.25, 0.3) is 0 Å². The molecule has 0 atom stereocenters. The summed E-state index contributed by atoms with van der Waals surface area (Å²) in [7, 11) is -0.107. The van der Waals surface area contributed by atoms with Crippen LogP contribution >= 0.6 is 0 Å². The molecule has 0 aliphatic heterocycles. The van der Waals surface area contributed by atoms with E-state index in [1.165, 1.54) is 0 Å². The smallest absolute Gasteiger partial charge is 0.310 e. The molecule has 0 N–H and O–H groups in total. The lowest BCUT2D eigenvalue weighted by molar-refractivity contribution is 0.341. The van der Waals surface area contributed by atoms with Crippen LogP contribution in [-0.2, 0) is 16.7 Å². The maximum absolute atomic E-state index is 12.0. The molecule has 2 aromatic rings. The highest BCUT2D eigenvalue weighted by atomic mass is 32.2. The molecule has 0 aromatic heterocycles. The molecule has 0 heterocycles. The minimum Gasteiger partial charge on any atom is -0.497 e. The van der Waals surface area contributed by atoms with Crippen LogP contribution in [0.2, 0.25) is 0 Å². The molecule has 2 rings (SSSR count). The summed E-state index contributed by atoms with van der Waals surface area (Å²) in [5.41, 5.74) is 1.06. The number of ether oxygens (including phenoxy) is 1. The fraction of sp³-hybridized carbons (Fsp3) is 0.294. The molecule has 0 amide bonds. The summed E-state index contributed by atoms with van der Waals surface area (Å²) in [6, 6.07) is 16.2. The second-order valence-electron chi connectivity index (χ2n) is 5.25. The van der Waals surface area contributed by atoms with Gasteiger partial charge in [-0.2, -0.15) is 8.42 Å². The van der Waals surface area contributed by atoms with Crippen LogP contribution < -0.4 is 8.92 Å². The maximum Gasteiger partial charge on any atom is 0.310 e. The standard InChI is InChI=1S/C17H21NO4S/c1-18(14-15-7-6-10-17(13-15)21-2)11-12-23(19,20)22-16-8-4-3-5-9-16/h3-10,13H,11-12,14H2,1-2H3. The lowest BCUT2D eigenvalue weighted by Gasteiger charge is -2.17. The van der Waals surface area contributed by atoms with Crippen molar-refractivity contribution in [2.24, 2.45) is 0 Å². The van der Waals surface area contributed by atoms with E-state index in [9.17, 15) is 8.42 Å². The van der Waals surface area contributed by atoms with Gasteiger partial charge in [0, 0.05) is 13.1 Å². The van der Waals surface area contributed by atoms with Gasteiger partial charge in [0.2, 0.25) is 0 Å². The Morgan fingerprint density at radius 1 is 1.00 bits per heavy atom. The topological polar surface area (TPSA) is 55.8 Å². The maximum atomic E-state index is 12.0. The van der Waals surface area contributed by atoms with Crippen molar-refractivity contribution < 1.29 is 17.3 Å². The van der Waals surface area contributed by atoms with Crippen molar-refractivity contribution in [1.82, 2.24) is 4.90 Å². The van der Waals surface area contributed by atoms with E-state index in [2.05, 4.69) is 0 Å². The van der Waals surface area contributed by atoms with Crippen LogP contribution in [0.15, 0.2) is 54.6 Å². The zero-order valence-corrected chi connectivity index (χ0v) is 14.1. The van der Waals surface area contributed by atoms with Crippen molar-refractivity contribution in [3.05, 3.63) is 60.2 Å². The quantitative estimate of drug-likeness (QED) is 0.694. The molecule has 0 fully saturated rings. The van der Waals surface area contributed by atoms with E-state index >= 15 is 0 Å². The van der Waals surface area contributed by atoms with Crippen molar-refractivity contribution >= 4 is 10.1 Å². The Hall–Kier alpha value is -2.05. The molecule has 23 heavy (non-hydrogen) atoms. The Bertz CT molecular complexity index is 716. The van der Waals surface area contributed by atoms with Crippen LogP contribution in [0.4, 0.5) is 0 Å². The van der Waals surface area contributed by atoms with Gasteiger partial charge in [-0.15, -0.1) is 0 Å². The third kappa shape index (κ3) is 5.92. The Labute approximate surface area is 137 Å². The molecule has 0 aliphatic carbocycles. The van der Waals surface area contributed by atoms with Crippen molar-refractivity contribution in [1.29, 1.82) is 0 Å². The second-order valence-corrected chi connectivity index (χ2v) is 6.94. The van der Waals surface area contributed by atoms with Crippen LogP contribution in [0.25, 0.3) is 0 Å². The molecule has 124 valence electrons. The van der Waals surface area contributed by atoms with E-state index in [1.807, 2.05) is 36.2 Å². The number of benzene rings is 2. The first kappa shape index (κ1) is 17.3. The highest BCUT2D eigenvalue weighted by Crippen LogP contribution is 2.14. The average Bonchev–Trinajstić information content (AvgIpc) is 2.54. The molecule has 0 aliphatic rings. The summed E-state index contributed by atoms with van der Waals surface area (Å²) in [6.45, 7) is 1.02. The van der Waals surface area contributed by atoms with Crippen LogP contribution in [-0.4, -0.2) is 39.8 Å². The molecule has 5 nitrogen and oxygen atoms in total. The minimum absolute atomic E-state index is 0.0671. The molecule has 2 aromatic carbocycles. The second kappa shape index (κ2) is 7.99. The Balaban J connectivity index is 1.86. The summed E-state index contributed by atoms with van der Waals surface area (Å²) in [5.74, 6) is 1.06. The predicted octanol–water partition coefficient (Wildman–Crippen LogP) is 2.54. The van der Waals surface area contributed by atoms with Gasteiger partial charge in [-0.1, -0.05) is 30.3 Å². The van der Waals surface area contributed by atoms with E-state index in [0.29, 0.717) is 18.8 Å². The van der Waals surface area contributed by atoms with E-state index < -0.39 is 10.1 Å². The first-order valence-corrected chi connectivity index (χ1v) is 8.85. The number of nitrogens with zero attached hydrogens (tertiary/aromatic N) is 1. The van der Waals surface area contributed by atoms with Gasteiger partial charge in [0.05, 0.1) is 12.9 Å². The summed E-state index contributed by atoms with van der Waals surface area (Å²) in [6.07, 6.45) is 0. The number of rotatable bonds is 8. The number of para-hydroxylation sites is 1. The first-order chi connectivity index (χ1) is 11.0. The molecule has 0 bridgehead atoms. The molecule has 0 radical (unpaired) electrons. The summed E-state index contributed by atoms with van der Waals surface area (Å²) in [5, 5.41) is 0. The van der Waals surface area contributed by atoms with Crippen molar-refractivity contribution in [3.8, 4) is 11.5 Å². The number of hydrogen-bond donors (Lipinski definition) is 0. The van der Waals surface area contributed by atoms with E-state index in [-0.39, 0.29) is 5.75 Å². The Kier molecular flexibility index (Phi) is 6.01. The number of hydrogen-bond acceptors (Lipinski definition) is 5. The highest BCUT2D eigenvalue weighted by molar-refractivity contribution is 7.87. The van der Waals surface area contributed by atoms with Crippen LogP contribution in [0.5, 0.6) is 11.5 Å². The summed E-state index contributed by atoms with van der Waals surface area (Å²) in [4.78, 5) is 1.93. The molecule has 0 spiro atoms. The van der Waals surface area contributed by atoms with Crippen LogP contribution in [0.3, 0.4) is 0 Å². The lowest BCUT2D eigenvalue weighted by atomic mass is 10.2. The van der Waals surface area contributed by atoms with E-state index in [0.717, 1.165) is 11.3 Å². The highest BCUT2D eigenvalue weighted by Gasteiger charge is 2.14. The third-order valence-corrected chi connectivity index (χ3v) is 4.41. The van der Waals surface area contributed by atoms with Gasteiger partial charge in [-0.3, -0.25) is 0 Å². The molecule has 0 unspecified atom stereocenters. The van der Waals surface area contributed by atoms with Gasteiger partial charge in [0.15, 0.2) is 0 Å². The Morgan fingerprint density at radius 3 is 2.39 bits per heavy atom. The van der Waals surface area contributed by atoms with Gasteiger partial charge in [0.1, 0.15) is 11.5 Å². The molecule has 6 heteroatoms. The van der Waals surface area contributed by atoms with Gasteiger partial charge >= 0.3 is 10.1 Å². The zero-order valence-electron chi connectivity index (χ0n) is 13.3. The molecule has 0 saturated heterocycles. The van der Waals surface area contributed by atoms with Crippen molar-refractivity contribution in [2.45, 2.75) is 6.54 Å². The largest absolute Gasteiger partial charge is 0.497 e. The lowest BCUT2D eigenvalue weighted by Crippen LogP contribution is -2.27. The number of methoxy groups -OCH3 is 1.